The number of carbonyl (C=O) groups excluding carboxylic acids is 1. The molecule has 0 N–H and O–H groups in total. The maximum atomic E-state index is 11.5. The first-order valence-corrected chi connectivity index (χ1v) is 5.76. The summed E-state index contributed by atoms with van der Waals surface area (Å²) in [7, 11) is 0. The van der Waals surface area contributed by atoms with Crippen molar-refractivity contribution >= 4 is 5.91 Å². The Hall–Kier alpha value is -1.35. The highest BCUT2D eigenvalue weighted by molar-refractivity contribution is 5.73. The molecule has 0 radical (unpaired) electrons. The second-order valence-corrected chi connectivity index (χ2v) is 4.48. The molecule has 1 amide bonds. The fourth-order valence-electron chi connectivity index (χ4n) is 2.70. The van der Waals surface area contributed by atoms with Crippen LogP contribution in [0.4, 0.5) is 0 Å². The number of benzene rings is 1. The van der Waals surface area contributed by atoms with Crippen LogP contribution in [0.2, 0.25) is 0 Å². The van der Waals surface area contributed by atoms with Crippen molar-refractivity contribution in [2.75, 3.05) is 6.54 Å². The summed E-state index contributed by atoms with van der Waals surface area (Å²) in [6.07, 6.45) is 1.87. The Morgan fingerprint density at radius 3 is 3.06 bits per heavy atom. The predicted molar refractivity (Wildman–Crippen MR) is 59.8 cm³/mol. The van der Waals surface area contributed by atoms with E-state index in [0.717, 1.165) is 19.4 Å². The summed E-state index contributed by atoms with van der Waals surface area (Å²) >= 11 is 0. The molecule has 2 aliphatic rings. The number of fused-ring (bicyclic) bond motifs is 4. The maximum Gasteiger partial charge on any atom is 0.221 e. The first kappa shape index (κ1) is 9.85. The highest BCUT2D eigenvalue weighted by atomic mass is 16.5. The Bertz CT molecular complexity index is 430. The van der Waals surface area contributed by atoms with Crippen molar-refractivity contribution < 1.29 is 9.53 Å². The van der Waals surface area contributed by atoms with Crippen molar-refractivity contribution in [3.05, 3.63) is 35.4 Å². The van der Waals surface area contributed by atoms with Crippen LogP contribution in [0.5, 0.6) is 0 Å². The first-order valence-electron chi connectivity index (χ1n) is 5.76. The minimum Gasteiger partial charge on any atom is -0.350 e. The molecule has 1 aromatic rings. The first-order chi connectivity index (χ1) is 7.75. The van der Waals surface area contributed by atoms with Crippen molar-refractivity contribution in [3.63, 3.8) is 0 Å². The van der Waals surface area contributed by atoms with Crippen LogP contribution in [-0.2, 0) is 16.0 Å². The molecular formula is C13H15NO2. The number of carbonyl (C=O) groups is 1. The molecular weight excluding hydrogens is 202 g/mol. The third-order valence-corrected chi connectivity index (χ3v) is 3.50. The van der Waals surface area contributed by atoms with Crippen molar-refractivity contribution in [1.29, 1.82) is 0 Å². The van der Waals surface area contributed by atoms with E-state index >= 15 is 0 Å². The van der Waals surface area contributed by atoms with E-state index in [9.17, 15) is 4.79 Å². The number of amides is 1. The van der Waals surface area contributed by atoms with Crippen molar-refractivity contribution in [3.8, 4) is 0 Å². The van der Waals surface area contributed by atoms with E-state index in [1.54, 1.807) is 6.92 Å². The Labute approximate surface area is 95.0 Å². The Morgan fingerprint density at radius 1 is 1.44 bits per heavy atom. The Morgan fingerprint density at radius 2 is 2.25 bits per heavy atom. The van der Waals surface area contributed by atoms with Crippen LogP contribution in [0.3, 0.4) is 0 Å². The second kappa shape index (κ2) is 3.59. The van der Waals surface area contributed by atoms with E-state index in [2.05, 4.69) is 24.3 Å². The largest absolute Gasteiger partial charge is 0.350 e. The third kappa shape index (κ3) is 1.43. The molecule has 0 aromatic heterocycles. The standard InChI is InChI=1S/C13H15NO2/c1-9(15)14-7-6-12-11-5-3-2-4-10(11)8-13(14)16-12/h2-5,12-13H,6-8H2,1H3. The lowest BCUT2D eigenvalue weighted by atomic mass is 9.92. The zero-order chi connectivity index (χ0) is 11.1. The molecule has 1 aromatic carbocycles. The summed E-state index contributed by atoms with van der Waals surface area (Å²) < 4.78 is 5.93. The minimum absolute atomic E-state index is 0.0499. The van der Waals surface area contributed by atoms with Crippen molar-refractivity contribution in [2.45, 2.75) is 32.1 Å². The summed E-state index contributed by atoms with van der Waals surface area (Å²) in [4.78, 5) is 13.3. The van der Waals surface area contributed by atoms with Gasteiger partial charge in [-0.15, -0.1) is 0 Å². The van der Waals surface area contributed by atoms with Gasteiger partial charge in [0.15, 0.2) is 0 Å². The molecule has 1 saturated heterocycles. The predicted octanol–water partition coefficient (Wildman–Crippen LogP) is 1.88. The van der Waals surface area contributed by atoms with Gasteiger partial charge in [0.2, 0.25) is 5.91 Å². The average molecular weight is 217 g/mol. The SMILES string of the molecule is CC(=O)N1CCC2OC1Cc1ccccc12. The van der Waals surface area contributed by atoms with Crippen molar-refractivity contribution in [2.24, 2.45) is 0 Å². The van der Waals surface area contributed by atoms with E-state index in [-0.39, 0.29) is 18.2 Å². The van der Waals surface area contributed by atoms with Gasteiger partial charge in [-0.2, -0.15) is 0 Å². The van der Waals surface area contributed by atoms with Gasteiger partial charge >= 0.3 is 0 Å². The number of hydrogen-bond acceptors (Lipinski definition) is 2. The van der Waals surface area contributed by atoms with E-state index in [1.807, 2.05) is 4.90 Å². The van der Waals surface area contributed by atoms with Gasteiger partial charge in [0.05, 0.1) is 6.10 Å². The van der Waals surface area contributed by atoms with Gasteiger partial charge in [-0.3, -0.25) is 4.79 Å². The number of hydrogen-bond donors (Lipinski definition) is 0. The molecule has 2 bridgehead atoms. The van der Waals surface area contributed by atoms with Gasteiger partial charge in [0.25, 0.3) is 0 Å². The number of nitrogens with zero attached hydrogens (tertiary/aromatic N) is 1. The Balaban J connectivity index is 1.95. The number of ether oxygens (including phenoxy) is 1. The molecule has 3 heteroatoms. The lowest BCUT2D eigenvalue weighted by molar-refractivity contribution is -0.171. The van der Waals surface area contributed by atoms with Crippen LogP contribution in [0.15, 0.2) is 24.3 Å². The zero-order valence-electron chi connectivity index (χ0n) is 9.35. The molecule has 2 heterocycles. The molecule has 84 valence electrons. The molecule has 2 aliphatic heterocycles. The minimum atomic E-state index is -0.0499. The van der Waals surface area contributed by atoms with E-state index in [1.165, 1.54) is 11.1 Å². The topological polar surface area (TPSA) is 29.5 Å². The fraction of sp³-hybridized carbons (Fsp3) is 0.462. The summed E-state index contributed by atoms with van der Waals surface area (Å²) in [6.45, 7) is 2.43. The lowest BCUT2D eigenvalue weighted by Crippen LogP contribution is -2.49. The molecule has 2 atom stereocenters. The molecule has 16 heavy (non-hydrogen) atoms. The normalized spacial score (nSPS) is 27.4. The molecule has 3 rings (SSSR count). The van der Waals surface area contributed by atoms with Crippen LogP contribution in [0, 0.1) is 0 Å². The van der Waals surface area contributed by atoms with Crippen LogP contribution >= 0.6 is 0 Å². The Kier molecular flexibility index (Phi) is 2.21. The van der Waals surface area contributed by atoms with E-state index in [0.29, 0.717) is 0 Å². The van der Waals surface area contributed by atoms with Gasteiger partial charge < -0.3 is 9.64 Å². The molecule has 3 nitrogen and oxygen atoms in total. The maximum absolute atomic E-state index is 11.5. The monoisotopic (exact) mass is 217 g/mol. The second-order valence-electron chi connectivity index (χ2n) is 4.48. The lowest BCUT2D eigenvalue weighted by Gasteiger charge is -2.43. The van der Waals surface area contributed by atoms with Crippen molar-refractivity contribution in [1.82, 2.24) is 4.90 Å². The zero-order valence-corrected chi connectivity index (χ0v) is 9.35. The molecule has 0 aliphatic carbocycles. The number of rotatable bonds is 0. The molecule has 1 fully saturated rings. The molecule has 0 saturated carbocycles. The molecule has 2 unspecified atom stereocenters. The average Bonchev–Trinajstić information content (AvgIpc) is 2.29. The summed E-state index contributed by atoms with van der Waals surface area (Å²) in [5, 5.41) is 0. The molecule has 0 spiro atoms. The van der Waals surface area contributed by atoms with Gasteiger partial charge in [-0.05, 0) is 17.5 Å². The van der Waals surface area contributed by atoms with E-state index < -0.39 is 0 Å². The van der Waals surface area contributed by atoms with Crippen LogP contribution < -0.4 is 0 Å². The highest BCUT2D eigenvalue weighted by Crippen LogP contribution is 2.37. The van der Waals surface area contributed by atoms with Gasteiger partial charge in [-0.25, -0.2) is 0 Å². The summed E-state index contributed by atoms with van der Waals surface area (Å²) in [5.41, 5.74) is 2.64. The summed E-state index contributed by atoms with van der Waals surface area (Å²) in [6, 6.07) is 8.39. The van der Waals surface area contributed by atoms with E-state index in [4.69, 9.17) is 4.74 Å². The van der Waals surface area contributed by atoms with Gasteiger partial charge in [0, 0.05) is 19.9 Å². The summed E-state index contributed by atoms with van der Waals surface area (Å²) in [5.74, 6) is 0.114. The third-order valence-electron chi connectivity index (χ3n) is 3.50. The van der Waals surface area contributed by atoms with Gasteiger partial charge in [0.1, 0.15) is 6.23 Å². The highest BCUT2D eigenvalue weighted by Gasteiger charge is 2.36. The van der Waals surface area contributed by atoms with Crippen LogP contribution in [-0.4, -0.2) is 23.6 Å². The smallest absolute Gasteiger partial charge is 0.221 e. The van der Waals surface area contributed by atoms with Crippen LogP contribution in [0.1, 0.15) is 30.6 Å². The fourth-order valence-corrected chi connectivity index (χ4v) is 2.70. The quantitative estimate of drug-likeness (QED) is 0.664. The van der Waals surface area contributed by atoms with Crippen LogP contribution in [0.25, 0.3) is 0 Å². The van der Waals surface area contributed by atoms with Gasteiger partial charge in [-0.1, -0.05) is 24.3 Å².